The van der Waals surface area contributed by atoms with Crippen molar-refractivity contribution in [2.75, 3.05) is 0 Å². The van der Waals surface area contributed by atoms with Crippen molar-refractivity contribution >= 4 is 0 Å². The minimum Gasteiger partial charge on any atom is -0.305 e. The van der Waals surface area contributed by atoms with Gasteiger partial charge in [-0.25, -0.2) is 15.0 Å². The van der Waals surface area contributed by atoms with Gasteiger partial charge in [0.15, 0.2) is 5.82 Å². The first-order chi connectivity index (χ1) is 12.7. The molecule has 0 unspecified atom stereocenters. The van der Waals surface area contributed by atoms with Gasteiger partial charge in [-0.15, -0.1) is 29.8 Å². The number of hydrogen-bond donors (Lipinski definition) is 0. The van der Waals surface area contributed by atoms with Crippen LogP contribution >= 0.6 is 0 Å². The Labute approximate surface area is 172 Å². The largest absolute Gasteiger partial charge is 0.305 e. The predicted molar refractivity (Wildman–Crippen MR) is 102 cm³/mol. The van der Waals surface area contributed by atoms with Crippen LogP contribution in [-0.4, -0.2) is 19.9 Å². The molecule has 135 valence electrons. The zero-order valence-corrected chi connectivity index (χ0v) is 17.4. The van der Waals surface area contributed by atoms with Crippen LogP contribution in [0.2, 0.25) is 0 Å². The zero-order valence-electron chi connectivity index (χ0n) is 15.0. The van der Waals surface area contributed by atoms with E-state index in [-0.39, 0.29) is 20.1 Å². The normalized spacial score (nSPS) is 10.3. The maximum absolute atomic E-state index is 4.51. The van der Waals surface area contributed by atoms with E-state index in [9.17, 15) is 0 Å². The molecule has 2 aromatic carbocycles. The quantitative estimate of drug-likeness (QED) is 0.362. The van der Waals surface area contributed by atoms with Crippen molar-refractivity contribution in [1.29, 1.82) is 0 Å². The average molecular weight is 530 g/mol. The molecule has 0 aliphatic heterocycles. The molecule has 2 aromatic heterocycles. The summed E-state index contributed by atoms with van der Waals surface area (Å²) >= 11 is 0. The fourth-order valence-corrected chi connectivity index (χ4v) is 2.94. The minimum atomic E-state index is 0. The standard InChI is InChI=1S/C22H17N4.Ir/c1-15-24-16(2)26-22(25-15)20-8-4-3-7-19(20)17-10-12-18(13-11-17)21-9-5-6-14-23-21;/h3-12,14H,1-2H3;/q-1;. The molecule has 0 amide bonds. The van der Waals surface area contributed by atoms with Crippen molar-refractivity contribution < 1.29 is 20.1 Å². The van der Waals surface area contributed by atoms with Crippen LogP contribution in [0.4, 0.5) is 0 Å². The van der Waals surface area contributed by atoms with E-state index in [1.807, 2.05) is 62.4 Å². The molecule has 2 heterocycles. The van der Waals surface area contributed by atoms with Crippen LogP contribution in [0.3, 0.4) is 0 Å². The van der Waals surface area contributed by atoms with E-state index in [4.69, 9.17) is 0 Å². The molecular weight excluding hydrogens is 512 g/mol. The summed E-state index contributed by atoms with van der Waals surface area (Å²) in [6.07, 6.45) is 1.79. The monoisotopic (exact) mass is 530 g/mol. The summed E-state index contributed by atoms with van der Waals surface area (Å²) in [4.78, 5) is 17.7. The van der Waals surface area contributed by atoms with Gasteiger partial charge in [0.2, 0.25) is 0 Å². The third kappa shape index (κ3) is 4.16. The van der Waals surface area contributed by atoms with Gasteiger partial charge in [0.1, 0.15) is 11.6 Å². The van der Waals surface area contributed by atoms with Gasteiger partial charge in [0, 0.05) is 31.9 Å². The zero-order chi connectivity index (χ0) is 17.9. The molecule has 0 aliphatic rings. The first-order valence-corrected chi connectivity index (χ1v) is 8.43. The molecule has 0 spiro atoms. The van der Waals surface area contributed by atoms with E-state index >= 15 is 0 Å². The fourth-order valence-electron chi connectivity index (χ4n) is 2.94. The molecule has 1 radical (unpaired) electrons. The van der Waals surface area contributed by atoms with Crippen molar-refractivity contribution in [3.8, 4) is 33.8 Å². The van der Waals surface area contributed by atoms with Crippen LogP contribution in [0.15, 0.2) is 66.9 Å². The van der Waals surface area contributed by atoms with E-state index in [1.54, 1.807) is 6.20 Å². The number of hydrogen-bond acceptors (Lipinski definition) is 4. The Morgan fingerprint density at radius 2 is 1.44 bits per heavy atom. The van der Waals surface area contributed by atoms with Crippen molar-refractivity contribution in [1.82, 2.24) is 19.9 Å². The Morgan fingerprint density at radius 1 is 0.741 bits per heavy atom. The average Bonchev–Trinajstić information content (AvgIpc) is 2.68. The minimum absolute atomic E-state index is 0. The number of rotatable bonds is 3. The molecule has 4 aromatic rings. The second-order valence-electron chi connectivity index (χ2n) is 6.01. The number of nitrogens with zero attached hydrogens (tertiary/aromatic N) is 4. The van der Waals surface area contributed by atoms with E-state index < -0.39 is 0 Å². The van der Waals surface area contributed by atoms with Gasteiger partial charge in [-0.3, -0.25) is 0 Å². The van der Waals surface area contributed by atoms with Crippen molar-refractivity contribution in [3.05, 3.63) is 84.6 Å². The van der Waals surface area contributed by atoms with E-state index in [0.29, 0.717) is 5.82 Å². The Morgan fingerprint density at radius 3 is 2.07 bits per heavy atom. The van der Waals surface area contributed by atoms with E-state index in [0.717, 1.165) is 39.6 Å². The number of aryl methyl sites for hydroxylation is 2. The molecular formula is C22H17IrN4-. The van der Waals surface area contributed by atoms with Crippen LogP contribution in [0.1, 0.15) is 11.6 Å². The molecule has 4 nitrogen and oxygen atoms in total. The molecule has 0 bridgehead atoms. The maximum atomic E-state index is 4.51. The van der Waals surface area contributed by atoms with Crippen LogP contribution in [-0.2, 0) is 20.1 Å². The summed E-state index contributed by atoms with van der Waals surface area (Å²) in [5.74, 6) is 2.14. The number of benzene rings is 2. The first kappa shape index (κ1) is 19.0. The molecule has 4 rings (SSSR count). The van der Waals surface area contributed by atoms with Gasteiger partial charge in [-0.05, 0) is 31.2 Å². The second-order valence-corrected chi connectivity index (χ2v) is 6.01. The summed E-state index contributed by atoms with van der Waals surface area (Å²) in [6.45, 7) is 3.77. The number of pyridine rings is 1. The van der Waals surface area contributed by atoms with Crippen LogP contribution in [0.25, 0.3) is 33.8 Å². The van der Waals surface area contributed by atoms with Crippen LogP contribution in [0, 0.1) is 19.9 Å². The summed E-state index contributed by atoms with van der Waals surface area (Å²) < 4.78 is 0. The summed E-state index contributed by atoms with van der Waals surface area (Å²) in [6, 6.07) is 23.5. The van der Waals surface area contributed by atoms with E-state index in [2.05, 4.69) is 38.1 Å². The van der Waals surface area contributed by atoms with Crippen molar-refractivity contribution in [2.24, 2.45) is 0 Å². The Balaban J connectivity index is 0.00000210. The van der Waals surface area contributed by atoms with Crippen molar-refractivity contribution in [3.63, 3.8) is 0 Å². The SMILES string of the molecule is Cc1nc(C)nc(-c2ccccc2-c2c[c-]c(-c3ccccn3)cc2)n1.[Ir]. The smallest absolute Gasteiger partial charge is 0.163 e. The molecule has 0 N–H and O–H groups in total. The van der Waals surface area contributed by atoms with Gasteiger partial charge >= 0.3 is 0 Å². The van der Waals surface area contributed by atoms with Crippen molar-refractivity contribution in [2.45, 2.75) is 13.8 Å². The van der Waals surface area contributed by atoms with Crippen LogP contribution < -0.4 is 0 Å². The third-order valence-corrected chi connectivity index (χ3v) is 4.09. The Hall–Kier alpha value is -2.75. The van der Waals surface area contributed by atoms with Gasteiger partial charge in [-0.2, -0.15) is 0 Å². The maximum Gasteiger partial charge on any atom is 0.163 e. The molecule has 27 heavy (non-hydrogen) atoms. The Kier molecular flexibility index (Phi) is 5.84. The Bertz CT molecular complexity index is 1030. The predicted octanol–water partition coefficient (Wildman–Crippen LogP) is 4.68. The van der Waals surface area contributed by atoms with Gasteiger partial charge in [-0.1, -0.05) is 42.0 Å². The third-order valence-electron chi connectivity index (χ3n) is 4.09. The second kappa shape index (κ2) is 8.29. The molecule has 0 atom stereocenters. The van der Waals surface area contributed by atoms with Gasteiger partial charge < -0.3 is 4.98 Å². The summed E-state index contributed by atoms with van der Waals surface area (Å²) in [7, 11) is 0. The molecule has 5 heteroatoms. The number of aromatic nitrogens is 4. The van der Waals surface area contributed by atoms with Gasteiger partial charge in [0.25, 0.3) is 0 Å². The van der Waals surface area contributed by atoms with Crippen LogP contribution in [0.5, 0.6) is 0 Å². The summed E-state index contributed by atoms with van der Waals surface area (Å²) in [5.41, 5.74) is 5.01. The molecule has 0 fully saturated rings. The molecule has 0 saturated heterocycles. The fraction of sp³-hybridized carbons (Fsp3) is 0.0909. The summed E-state index contributed by atoms with van der Waals surface area (Å²) in [5, 5.41) is 0. The molecule has 0 aliphatic carbocycles. The van der Waals surface area contributed by atoms with Gasteiger partial charge in [0.05, 0.1) is 0 Å². The molecule has 0 saturated carbocycles. The first-order valence-electron chi connectivity index (χ1n) is 8.43. The topological polar surface area (TPSA) is 51.6 Å². The van der Waals surface area contributed by atoms with E-state index in [1.165, 1.54) is 0 Å².